The zero-order valence-corrected chi connectivity index (χ0v) is 10.3. The molecule has 0 atom stereocenters. The third-order valence-corrected chi connectivity index (χ3v) is 3.71. The molecule has 0 amide bonds. The molecule has 1 fully saturated rings. The lowest BCUT2D eigenvalue weighted by Crippen LogP contribution is -2.44. The van der Waals surface area contributed by atoms with E-state index in [1.165, 1.54) is 7.11 Å². The quantitative estimate of drug-likeness (QED) is 0.837. The highest BCUT2D eigenvalue weighted by molar-refractivity contribution is 6.33. The van der Waals surface area contributed by atoms with Crippen LogP contribution in [0.4, 0.5) is 0 Å². The maximum atomic E-state index is 9.70. The van der Waals surface area contributed by atoms with Gasteiger partial charge in [0.25, 0.3) is 0 Å². The van der Waals surface area contributed by atoms with Gasteiger partial charge in [-0.15, -0.1) is 0 Å². The summed E-state index contributed by atoms with van der Waals surface area (Å²) in [6, 6.07) is 1.66. The molecule has 0 spiro atoms. The van der Waals surface area contributed by atoms with Gasteiger partial charge in [0.15, 0.2) is 11.5 Å². The number of nitrogens with two attached hydrogens (primary N) is 1. The van der Waals surface area contributed by atoms with Gasteiger partial charge >= 0.3 is 0 Å². The van der Waals surface area contributed by atoms with Crippen LogP contribution in [0.15, 0.2) is 6.07 Å². The van der Waals surface area contributed by atoms with Gasteiger partial charge in [-0.3, -0.25) is 0 Å². The minimum atomic E-state index is -0.345. The van der Waals surface area contributed by atoms with Crippen molar-refractivity contribution in [1.82, 2.24) is 0 Å². The number of aromatic hydroxyl groups is 1. The smallest absolute Gasteiger partial charge is 0.179 e. The Labute approximate surface area is 100 Å². The highest BCUT2D eigenvalue weighted by Crippen LogP contribution is 2.48. The molecule has 1 aliphatic rings. The Balaban J connectivity index is 2.60. The van der Waals surface area contributed by atoms with Crippen LogP contribution >= 0.6 is 11.6 Å². The normalized spacial score (nSPS) is 18.0. The first-order valence-electron chi connectivity index (χ1n) is 5.35. The predicted octanol–water partition coefficient (Wildman–Crippen LogP) is 2.70. The summed E-state index contributed by atoms with van der Waals surface area (Å²) in [4.78, 5) is 0. The van der Waals surface area contributed by atoms with Gasteiger partial charge in [0.2, 0.25) is 0 Å². The van der Waals surface area contributed by atoms with Crippen molar-refractivity contribution in [3.05, 3.63) is 22.2 Å². The van der Waals surface area contributed by atoms with Crippen LogP contribution in [0.5, 0.6) is 11.5 Å². The molecule has 1 saturated carbocycles. The summed E-state index contributed by atoms with van der Waals surface area (Å²) in [7, 11) is 1.49. The van der Waals surface area contributed by atoms with Gasteiger partial charge < -0.3 is 15.6 Å². The number of hydrogen-bond donors (Lipinski definition) is 2. The molecule has 2 rings (SSSR count). The molecule has 0 saturated heterocycles. The Morgan fingerprint density at radius 3 is 2.56 bits per heavy atom. The molecule has 4 heteroatoms. The number of benzene rings is 1. The average molecular weight is 242 g/mol. The second-order valence-electron chi connectivity index (χ2n) is 4.44. The molecule has 88 valence electrons. The first kappa shape index (κ1) is 11.6. The van der Waals surface area contributed by atoms with E-state index in [1.807, 2.05) is 6.92 Å². The maximum absolute atomic E-state index is 9.70. The van der Waals surface area contributed by atoms with Crippen LogP contribution in [0.1, 0.15) is 30.4 Å². The Kier molecular flexibility index (Phi) is 2.76. The number of aryl methyl sites for hydroxylation is 1. The first-order valence-corrected chi connectivity index (χ1v) is 5.73. The van der Waals surface area contributed by atoms with E-state index in [4.69, 9.17) is 22.1 Å². The van der Waals surface area contributed by atoms with Gasteiger partial charge in [-0.1, -0.05) is 11.6 Å². The second-order valence-corrected chi connectivity index (χ2v) is 4.82. The highest BCUT2D eigenvalue weighted by atomic mass is 35.5. The summed E-state index contributed by atoms with van der Waals surface area (Å²) >= 11 is 6.25. The van der Waals surface area contributed by atoms with Crippen molar-refractivity contribution in [2.75, 3.05) is 7.11 Å². The number of ether oxygens (including phenoxy) is 1. The van der Waals surface area contributed by atoms with Gasteiger partial charge in [0.1, 0.15) is 0 Å². The molecule has 0 aromatic heterocycles. The van der Waals surface area contributed by atoms with Crippen LogP contribution < -0.4 is 10.5 Å². The van der Waals surface area contributed by atoms with Crippen molar-refractivity contribution in [3.8, 4) is 11.5 Å². The number of methoxy groups -OCH3 is 1. The Bertz CT molecular complexity index is 428. The van der Waals surface area contributed by atoms with E-state index in [0.29, 0.717) is 10.8 Å². The second kappa shape index (κ2) is 3.82. The molecule has 0 heterocycles. The zero-order valence-electron chi connectivity index (χ0n) is 9.51. The molecular weight excluding hydrogens is 226 g/mol. The van der Waals surface area contributed by atoms with Crippen molar-refractivity contribution < 1.29 is 9.84 Å². The molecule has 1 aromatic rings. The van der Waals surface area contributed by atoms with Crippen molar-refractivity contribution in [3.63, 3.8) is 0 Å². The highest BCUT2D eigenvalue weighted by Gasteiger charge is 2.38. The van der Waals surface area contributed by atoms with Crippen LogP contribution in [-0.2, 0) is 5.54 Å². The molecule has 3 nitrogen and oxygen atoms in total. The predicted molar refractivity (Wildman–Crippen MR) is 64.1 cm³/mol. The SMILES string of the molecule is COc1c(O)cc(C)c(C2(N)CCC2)c1Cl. The summed E-state index contributed by atoms with van der Waals surface area (Å²) in [5.41, 5.74) is 7.77. The molecule has 0 unspecified atom stereocenters. The summed E-state index contributed by atoms with van der Waals surface area (Å²) in [5, 5.41) is 10.1. The molecule has 3 N–H and O–H groups in total. The van der Waals surface area contributed by atoms with Crippen molar-refractivity contribution >= 4 is 11.6 Å². The Morgan fingerprint density at radius 2 is 2.12 bits per heavy atom. The molecule has 16 heavy (non-hydrogen) atoms. The average Bonchev–Trinajstić information content (AvgIpc) is 2.14. The lowest BCUT2D eigenvalue weighted by molar-refractivity contribution is 0.251. The third kappa shape index (κ3) is 1.55. The summed E-state index contributed by atoms with van der Waals surface area (Å²) < 4.78 is 5.10. The monoisotopic (exact) mass is 241 g/mol. The van der Waals surface area contributed by atoms with E-state index < -0.39 is 0 Å². The molecule has 0 radical (unpaired) electrons. The topological polar surface area (TPSA) is 55.5 Å². The van der Waals surface area contributed by atoms with Crippen LogP contribution in [0, 0.1) is 6.92 Å². The van der Waals surface area contributed by atoms with Gasteiger partial charge in [-0.2, -0.15) is 0 Å². The van der Waals surface area contributed by atoms with Gasteiger partial charge in [-0.05, 0) is 43.4 Å². The fourth-order valence-corrected chi connectivity index (χ4v) is 2.87. The Hall–Kier alpha value is -0.930. The Morgan fingerprint density at radius 1 is 1.50 bits per heavy atom. The number of rotatable bonds is 2. The zero-order chi connectivity index (χ0) is 11.9. The van der Waals surface area contributed by atoms with Crippen molar-refractivity contribution in [1.29, 1.82) is 0 Å². The summed E-state index contributed by atoms with van der Waals surface area (Å²) in [6.07, 6.45) is 2.98. The van der Waals surface area contributed by atoms with Crippen LogP contribution in [-0.4, -0.2) is 12.2 Å². The summed E-state index contributed by atoms with van der Waals surface area (Å²) in [6.45, 7) is 1.91. The van der Waals surface area contributed by atoms with Crippen molar-refractivity contribution in [2.24, 2.45) is 5.73 Å². The van der Waals surface area contributed by atoms with Crippen LogP contribution in [0.25, 0.3) is 0 Å². The number of hydrogen-bond acceptors (Lipinski definition) is 3. The lowest BCUT2D eigenvalue weighted by atomic mass is 9.71. The largest absolute Gasteiger partial charge is 0.504 e. The van der Waals surface area contributed by atoms with E-state index in [1.54, 1.807) is 6.07 Å². The number of phenolic OH excluding ortho intramolecular Hbond substituents is 1. The van der Waals surface area contributed by atoms with Crippen LogP contribution in [0.2, 0.25) is 5.02 Å². The molecule has 1 aromatic carbocycles. The molecular formula is C12H16ClNO2. The van der Waals surface area contributed by atoms with Gasteiger partial charge in [0, 0.05) is 5.54 Å². The van der Waals surface area contributed by atoms with E-state index in [0.717, 1.165) is 30.4 Å². The standard InChI is InChI=1S/C12H16ClNO2/c1-7-6-8(15)11(16-2)10(13)9(7)12(14)4-3-5-12/h6,15H,3-5,14H2,1-2H3. The van der Waals surface area contributed by atoms with Crippen molar-refractivity contribution in [2.45, 2.75) is 31.7 Å². The van der Waals surface area contributed by atoms with Gasteiger partial charge in [-0.25, -0.2) is 0 Å². The fraction of sp³-hybridized carbons (Fsp3) is 0.500. The van der Waals surface area contributed by atoms with E-state index >= 15 is 0 Å². The lowest BCUT2D eigenvalue weighted by Gasteiger charge is -2.40. The van der Waals surface area contributed by atoms with E-state index in [9.17, 15) is 5.11 Å². The summed E-state index contributed by atoms with van der Waals surface area (Å²) in [5.74, 6) is 0.385. The fourth-order valence-electron chi connectivity index (χ4n) is 2.35. The minimum absolute atomic E-state index is 0.0664. The molecule has 1 aliphatic carbocycles. The third-order valence-electron chi connectivity index (χ3n) is 3.35. The molecule has 0 bridgehead atoms. The maximum Gasteiger partial charge on any atom is 0.179 e. The van der Waals surface area contributed by atoms with E-state index in [2.05, 4.69) is 0 Å². The van der Waals surface area contributed by atoms with Gasteiger partial charge in [0.05, 0.1) is 12.1 Å². The first-order chi connectivity index (χ1) is 7.49. The van der Waals surface area contributed by atoms with E-state index in [-0.39, 0.29) is 11.3 Å². The minimum Gasteiger partial charge on any atom is -0.504 e. The number of phenols is 1. The van der Waals surface area contributed by atoms with Crippen LogP contribution in [0.3, 0.4) is 0 Å². The molecule has 0 aliphatic heterocycles. The number of halogens is 1.